The highest BCUT2D eigenvalue weighted by Gasteiger charge is 2.31. The van der Waals surface area contributed by atoms with E-state index in [0.717, 1.165) is 12.1 Å². The van der Waals surface area contributed by atoms with Crippen molar-refractivity contribution in [2.24, 2.45) is 0 Å². The molecule has 1 aromatic rings. The lowest BCUT2D eigenvalue weighted by Crippen LogP contribution is -2.49. The molecule has 5 nitrogen and oxygen atoms in total. The monoisotopic (exact) mass is 253 g/mol. The Kier molecular flexibility index (Phi) is 4.90. The predicted octanol–water partition coefficient (Wildman–Crippen LogP) is 2.20. The third-order valence-electron chi connectivity index (χ3n) is 3.18. The van der Waals surface area contributed by atoms with E-state index in [4.69, 9.17) is 0 Å². The molecule has 0 amide bonds. The van der Waals surface area contributed by atoms with E-state index < -0.39 is 11.5 Å². The summed E-state index contributed by atoms with van der Waals surface area (Å²) in [7, 11) is 0. The van der Waals surface area contributed by atoms with E-state index in [2.05, 4.69) is 24.1 Å². The largest absolute Gasteiger partial charge is 0.480 e. The van der Waals surface area contributed by atoms with Gasteiger partial charge in [0.25, 0.3) is 0 Å². The van der Waals surface area contributed by atoms with Crippen LogP contribution in [0.15, 0.2) is 12.5 Å². The summed E-state index contributed by atoms with van der Waals surface area (Å²) >= 11 is 0. The van der Waals surface area contributed by atoms with E-state index >= 15 is 0 Å². The second-order valence-corrected chi connectivity index (χ2v) is 5.13. The molecule has 1 unspecified atom stereocenters. The Hall–Kier alpha value is -1.36. The highest BCUT2D eigenvalue weighted by molar-refractivity contribution is 5.78. The van der Waals surface area contributed by atoms with Crippen LogP contribution in [0.25, 0.3) is 0 Å². The molecule has 18 heavy (non-hydrogen) atoms. The van der Waals surface area contributed by atoms with Crippen molar-refractivity contribution >= 4 is 5.97 Å². The molecule has 1 aromatic heterocycles. The Bertz CT molecular complexity index is 401. The van der Waals surface area contributed by atoms with Gasteiger partial charge in [-0.2, -0.15) is 0 Å². The Morgan fingerprint density at radius 3 is 2.78 bits per heavy atom. The lowest BCUT2D eigenvalue weighted by molar-refractivity contribution is -0.144. The molecule has 0 aliphatic carbocycles. The third kappa shape index (κ3) is 3.32. The summed E-state index contributed by atoms with van der Waals surface area (Å²) < 4.78 is 2.04. The fraction of sp³-hybridized carbons (Fsp3) is 0.692. The number of carboxylic acid groups (broad SMARTS) is 1. The summed E-state index contributed by atoms with van der Waals surface area (Å²) in [6.45, 7) is 8.39. The summed E-state index contributed by atoms with van der Waals surface area (Å²) in [5, 5.41) is 12.4. The van der Waals surface area contributed by atoms with Crippen molar-refractivity contribution in [3.05, 3.63) is 18.2 Å². The number of carbonyl (C=O) groups is 1. The SMILES string of the molecule is CCCC(C)(NCc1cncn1C(C)C)C(=O)O. The summed E-state index contributed by atoms with van der Waals surface area (Å²) in [5.74, 6) is -0.806. The van der Waals surface area contributed by atoms with Gasteiger partial charge < -0.3 is 9.67 Å². The molecule has 0 bridgehead atoms. The quantitative estimate of drug-likeness (QED) is 0.781. The molecule has 0 aromatic carbocycles. The number of hydrogen-bond donors (Lipinski definition) is 2. The summed E-state index contributed by atoms with van der Waals surface area (Å²) in [4.78, 5) is 15.4. The van der Waals surface area contributed by atoms with Gasteiger partial charge in [-0.25, -0.2) is 4.98 Å². The number of imidazole rings is 1. The van der Waals surface area contributed by atoms with E-state index in [9.17, 15) is 9.90 Å². The fourth-order valence-corrected chi connectivity index (χ4v) is 1.99. The van der Waals surface area contributed by atoms with E-state index in [1.165, 1.54) is 0 Å². The van der Waals surface area contributed by atoms with Crippen molar-refractivity contribution in [1.82, 2.24) is 14.9 Å². The lowest BCUT2D eigenvalue weighted by atomic mass is 9.96. The van der Waals surface area contributed by atoms with Crippen LogP contribution in [0.1, 0.15) is 52.3 Å². The van der Waals surface area contributed by atoms with Crippen LogP contribution in [0.3, 0.4) is 0 Å². The third-order valence-corrected chi connectivity index (χ3v) is 3.18. The number of aromatic nitrogens is 2. The predicted molar refractivity (Wildman–Crippen MR) is 70.4 cm³/mol. The number of nitrogens with one attached hydrogen (secondary N) is 1. The first-order valence-electron chi connectivity index (χ1n) is 6.40. The van der Waals surface area contributed by atoms with Gasteiger partial charge in [-0.05, 0) is 27.2 Å². The standard InChI is InChI=1S/C13H23N3O2/c1-5-6-13(4,12(17)18)15-8-11-7-14-9-16(11)10(2)3/h7,9-10,15H,5-6,8H2,1-4H3,(H,17,18). The molecule has 0 radical (unpaired) electrons. The van der Waals surface area contributed by atoms with Crippen LogP contribution in [0.5, 0.6) is 0 Å². The smallest absolute Gasteiger partial charge is 0.323 e. The zero-order valence-corrected chi connectivity index (χ0v) is 11.6. The van der Waals surface area contributed by atoms with E-state index in [0.29, 0.717) is 19.0 Å². The second-order valence-electron chi connectivity index (χ2n) is 5.13. The van der Waals surface area contributed by atoms with Crippen LogP contribution in [0.4, 0.5) is 0 Å². The maximum absolute atomic E-state index is 11.3. The Labute approximate surface area is 108 Å². The molecule has 5 heteroatoms. The first kappa shape index (κ1) is 14.7. The van der Waals surface area contributed by atoms with Gasteiger partial charge in [0.1, 0.15) is 5.54 Å². The average molecular weight is 253 g/mol. The maximum atomic E-state index is 11.3. The highest BCUT2D eigenvalue weighted by atomic mass is 16.4. The topological polar surface area (TPSA) is 67.2 Å². The van der Waals surface area contributed by atoms with Crippen molar-refractivity contribution < 1.29 is 9.90 Å². The molecular weight excluding hydrogens is 230 g/mol. The van der Waals surface area contributed by atoms with E-state index in [-0.39, 0.29) is 0 Å². The van der Waals surface area contributed by atoms with Gasteiger partial charge in [-0.3, -0.25) is 10.1 Å². The Balaban J connectivity index is 2.73. The highest BCUT2D eigenvalue weighted by Crippen LogP contribution is 2.15. The van der Waals surface area contributed by atoms with Crippen LogP contribution in [0, 0.1) is 0 Å². The van der Waals surface area contributed by atoms with Crippen molar-refractivity contribution in [1.29, 1.82) is 0 Å². The first-order chi connectivity index (χ1) is 8.40. The fourth-order valence-electron chi connectivity index (χ4n) is 1.99. The van der Waals surface area contributed by atoms with Crippen LogP contribution < -0.4 is 5.32 Å². The first-order valence-corrected chi connectivity index (χ1v) is 6.40. The van der Waals surface area contributed by atoms with E-state index in [1.54, 1.807) is 19.4 Å². The molecule has 102 valence electrons. The van der Waals surface area contributed by atoms with E-state index in [1.807, 2.05) is 11.5 Å². The summed E-state index contributed by atoms with van der Waals surface area (Å²) in [6.07, 6.45) is 5.00. The Morgan fingerprint density at radius 2 is 2.28 bits per heavy atom. The van der Waals surface area contributed by atoms with Gasteiger partial charge in [0.05, 0.1) is 12.0 Å². The average Bonchev–Trinajstić information content (AvgIpc) is 2.74. The second kappa shape index (κ2) is 6.00. The van der Waals surface area contributed by atoms with Crippen LogP contribution in [0.2, 0.25) is 0 Å². The van der Waals surface area contributed by atoms with Gasteiger partial charge in [0.15, 0.2) is 0 Å². The molecule has 0 fully saturated rings. The van der Waals surface area contributed by atoms with Gasteiger partial charge in [-0.15, -0.1) is 0 Å². The normalized spacial score (nSPS) is 14.7. The summed E-state index contributed by atoms with van der Waals surface area (Å²) in [5.41, 5.74) is 0.134. The lowest BCUT2D eigenvalue weighted by Gasteiger charge is -2.26. The molecule has 2 N–H and O–H groups in total. The zero-order chi connectivity index (χ0) is 13.8. The van der Waals surface area contributed by atoms with Crippen molar-refractivity contribution in [3.63, 3.8) is 0 Å². The minimum absolute atomic E-state index is 0.326. The minimum Gasteiger partial charge on any atom is -0.480 e. The number of hydrogen-bond acceptors (Lipinski definition) is 3. The molecule has 1 rings (SSSR count). The van der Waals surface area contributed by atoms with Crippen LogP contribution >= 0.6 is 0 Å². The van der Waals surface area contributed by atoms with Gasteiger partial charge in [-0.1, -0.05) is 13.3 Å². The van der Waals surface area contributed by atoms with Crippen molar-refractivity contribution in [2.75, 3.05) is 0 Å². The number of nitrogens with zero attached hydrogens (tertiary/aromatic N) is 2. The molecule has 1 heterocycles. The maximum Gasteiger partial charge on any atom is 0.323 e. The van der Waals surface area contributed by atoms with Crippen molar-refractivity contribution in [2.45, 2.75) is 58.7 Å². The molecular formula is C13H23N3O2. The molecule has 0 aliphatic rings. The molecule has 0 spiro atoms. The van der Waals surface area contributed by atoms with Crippen LogP contribution in [-0.4, -0.2) is 26.2 Å². The molecule has 0 aliphatic heterocycles. The Morgan fingerprint density at radius 1 is 1.61 bits per heavy atom. The van der Waals surface area contributed by atoms with Gasteiger partial charge in [0.2, 0.25) is 0 Å². The van der Waals surface area contributed by atoms with Gasteiger partial charge in [0, 0.05) is 18.8 Å². The van der Waals surface area contributed by atoms with Gasteiger partial charge >= 0.3 is 5.97 Å². The van der Waals surface area contributed by atoms with Crippen LogP contribution in [-0.2, 0) is 11.3 Å². The molecule has 0 saturated heterocycles. The minimum atomic E-state index is -0.874. The van der Waals surface area contributed by atoms with Crippen molar-refractivity contribution in [3.8, 4) is 0 Å². The zero-order valence-electron chi connectivity index (χ0n) is 11.6. The summed E-state index contributed by atoms with van der Waals surface area (Å²) in [6, 6.07) is 0.326. The molecule has 0 saturated carbocycles. The molecule has 1 atom stereocenters. The number of rotatable bonds is 7. The number of carboxylic acids is 1. The number of aliphatic carboxylic acids is 1.